The molecule has 0 aromatic rings. The van der Waals surface area contributed by atoms with Crippen LogP contribution < -0.4 is 5.32 Å². The summed E-state index contributed by atoms with van der Waals surface area (Å²) in [4.78, 5) is 13.3. The highest BCUT2D eigenvalue weighted by Gasteiger charge is 2.51. The summed E-state index contributed by atoms with van der Waals surface area (Å²) >= 11 is 0. The fourth-order valence-corrected chi connectivity index (χ4v) is 12.7. The van der Waals surface area contributed by atoms with Crippen LogP contribution in [0, 0.1) is 0 Å². The van der Waals surface area contributed by atoms with Crippen molar-refractivity contribution in [3.63, 3.8) is 0 Å². The van der Waals surface area contributed by atoms with Crippen LogP contribution in [0.4, 0.5) is 0 Å². The van der Waals surface area contributed by atoms with Crippen LogP contribution in [0.15, 0.2) is 36.5 Å². The molecule has 0 aromatic heterocycles. The van der Waals surface area contributed by atoms with Crippen molar-refractivity contribution < 1.29 is 64.6 Å². The molecular formula is C76H143NO13. The third-order valence-electron chi connectivity index (χ3n) is 18.8. The molecule has 90 heavy (non-hydrogen) atoms. The first-order valence-corrected chi connectivity index (χ1v) is 38.2. The lowest BCUT2D eigenvalue weighted by Gasteiger charge is -2.46. The van der Waals surface area contributed by atoms with Crippen molar-refractivity contribution >= 4 is 5.91 Å². The molecule has 12 unspecified atom stereocenters. The topological polar surface area (TPSA) is 228 Å². The number of ether oxygens (including phenoxy) is 4. The zero-order chi connectivity index (χ0) is 65.2. The summed E-state index contributed by atoms with van der Waals surface area (Å²) in [5.74, 6) is -0.246. The van der Waals surface area contributed by atoms with Crippen LogP contribution in [0.5, 0.6) is 0 Å². The molecule has 530 valence electrons. The van der Waals surface area contributed by atoms with Crippen molar-refractivity contribution in [2.45, 2.75) is 421 Å². The maximum Gasteiger partial charge on any atom is 0.220 e. The molecule has 9 N–H and O–H groups in total. The molecule has 2 aliphatic heterocycles. The van der Waals surface area contributed by atoms with E-state index in [4.69, 9.17) is 18.9 Å². The molecule has 0 aromatic carbocycles. The Balaban J connectivity index is 1.59. The lowest BCUT2D eigenvalue weighted by molar-refractivity contribution is -0.359. The summed E-state index contributed by atoms with van der Waals surface area (Å²) in [5, 5.41) is 87.4. The summed E-state index contributed by atoms with van der Waals surface area (Å²) in [5.41, 5.74) is 0. The van der Waals surface area contributed by atoms with Gasteiger partial charge < -0.3 is 65.1 Å². The molecule has 2 fully saturated rings. The van der Waals surface area contributed by atoms with Gasteiger partial charge in [-0.05, 0) is 44.9 Å². The van der Waals surface area contributed by atoms with Crippen LogP contribution in [0.25, 0.3) is 0 Å². The van der Waals surface area contributed by atoms with E-state index in [-0.39, 0.29) is 18.9 Å². The molecule has 0 aliphatic carbocycles. The fourth-order valence-electron chi connectivity index (χ4n) is 12.7. The normalized spacial score (nSPS) is 23.0. The number of hydrogen-bond acceptors (Lipinski definition) is 13. The van der Waals surface area contributed by atoms with Crippen molar-refractivity contribution in [3.05, 3.63) is 36.5 Å². The largest absolute Gasteiger partial charge is 0.394 e. The molecule has 14 nitrogen and oxygen atoms in total. The minimum absolute atomic E-state index is 0.246. The van der Waals surface area contributed by atoms with Gasteiger partial charge in [0.2, 0.25) is 5.91 Å². The van der Waals surface area contributed by atoms with E-state index in [0.717, 1.165) is 44.9 Å². The molecule has 14 heteroatoms. The van der Waals surface area contributed by atoms with E-state index in [2.05, 4.69) is 43.5 Å². The third-order valence-corrected chi connectivity index (χ3v) is 18.8. The van der Waals surface area contributed by atoms with E-state index < -0.39 is 86.8 Å². The van der Waals surface area contributed by atoms with E-state index in [0.29, 0.717) is 12.8 Å². The molecule has 1 amide bonds. The zero-order valence-corrected chi connectivity index (χ0v) is 57.9. The highest BCUT2D eigenvalue weighted by atomic mass is 16.7. The molecule has 2 rings (SSSR count). The van der Waals surface area contributed by atoms with Gasteiger partial charge in [0.05, 0.1) is 32.0 Å². The Labute approximate surface area is 551 Å². The van der Waals surface area contributed by atoms with E-state index >= 15 is 0 Å². The van der Waals surface area contributed by atoms with Crippen LogP contribution in [-0.2, 0) is 23.7 Å². The molecular weight excluding hydrogens is 1130 g/mol. The minimum Gasteiger partial charge on any atom is -0.394 e. The van der Waals surface area contributed by atoms with Crippen LogP contribution in [0.2, 0.25) is 0 Å². The van der Waals surface area contributed by atoms with Gasteiger partial charge >= 0.3 is 0 Å². The summed E-state index contributed by atoms with van der Waals surface area (Å²) in [6, 6.07) is -0.937. The van der Waals surface area contributed by atoms with Gasteiger partial charge in [-0.15, -0.1) is 0 Å². The number of aliphatic hydroxyl groups is 8. The average Bonchev–Trinajstić information content (AvgIpc) is 2.49. The van der Waals surface area contributed by atoms with E-state index in [9.17, 15) is 45.6 Å². The van der Waals surface area contributed by atoms with Crippen LogP contribution >= 0.6 is 0 Å². The number of allylic oxidation sites excluding steroid dienone is 5. The van der Waals surface area contributed by atoms with Crippen LogP contribution in [-0.4, -0.2) is 140 Å². The number of unbranched alkanes of at least 4 members (excludes halogenated alkanes) is 47. The predicted molar refractivity (Wildman–Crippen MR) is 369 cm³/mol. The van der Waals surface area contributed by atoms with Crippen molar-refractivity contribution in [2.24, 2.45) is 0 Å². The van der Waals surface area contributed by atoms with Crippen LogP contribution in [0.1, 0.15) is 348 Å². The molecule has 2 heterocycles. The van der Waals surface area contributed by atoms with Crippen molar-refractivity contribution in [1.82, 2.24) is 5.32 Å². The second kappa shape index (κ2) is 60.8. The smallest absolute Gasteiger partial charge is 0.220 e. The number of rotatable bonds is 64. The zero-order valence-electron chi connectivity index (χ0n) is 57.9. The van der Waals surface area contributed by atoms with Gasteiger partial charge in [0, 0.05) is 6.42 Å². The van der Waals surface area contributed by atoms with E-state index in [1.165, 1.54) is 270 Å². The summed E-state index contributed by atoms with van der Waals surface area (Å²) < 4.78 is 22.8. The molecule has 0 radical (unpaired) electrons. The minimum atomic E-state index is -1.79. The van der Waals surface area contributed by atoms with Gasteiger partial charge in [-0.3, -0.25) is 4.79 Å². The summed E-state index contributed by atoms with van der Waals surface area (Å²) in [6.07, 6.45) is 62.4. The Hall–Kier alpha value is -1.79. The third kappa shape index (κ3) is 44.0. The molecule has 2 saturated heterocycles. The maximum absolute atomic E-state index is 13.3. The first-order valence-electron chi connectivity index (χ1n) is 38.2. The average molecular weight is 1280 g/mol. The fraction of sp³-hybridized carbons (Fsp3) is 0.908. The van der Waals surface area contributed by atoms with Crippen LogP contribution in [0.3, 0.4) is 0 Å². The van der Waals surface area contributed by atoms with Gasteiger partial charge in [-0.1, -0.05) is 333 Å². The Morgan fingerprint density at radius 2 is 0.711 bits per heavy atom. The molecule has 0 spiro atoms. The maximum atomic E-state index is 13.3. The first-order chi connectivity index (χ1) is 44.1. The predicted octanol–water partition coefficient (Wildman–Crippen LogP) is 16.5. The Kier molecular flexibility index (Phi) is 57.0. The van der Waals surface area contributed by atoms with E-state index in [1.807, 2.05) is 6.08 Å². The highest BCUT2D eigenvalue weighted by Crippen LogP contribution is 2.30. The monoisotopic (exact) mass is 1280 g/mol. The summed E-state index contributed by atoms with van der Waals surface area (Å²) in [6.45, 7) is 2.82. The van der Waals surface area contributed by atoms with Crippen molar-refractivity contribution in [1.29, 1.82) is 0 Å². The highest BCUT2D eigenvalue weighted by molar-refractivity contribution is 5.76. The van der Waals surface area contributed by atoms with Gasteiger partial charge in [-0.2, -0.15) is 0 Å². The molecule has 0 bridgehead atoms. The second-order valence-corrected chi connectivity index (χ2v) is 27.1. The second-order valence-electron chi connectivity index (χ2n) is 27.1. The van der Waals surface area contributed by atoms with Gasteiger partial charge in [0.1, 0.15) is 48.8 Å². The molecule has 12 atom stereocenters. The number of amides is 1. The number of carbonyl (C=O) groups excluding carboxylic acids is 1. The van der Waals surface area contributed by atoms with Gasteiger partial charge in [0.25, 0.3) is 0 Å². The first kappa shape index (κ1) is 84.3. The van der Waals surface area contributed by atoms with Gasteiger partial charge in [-0.25, -0.2) is 0 Å². The quantitative estimate of drug-likeness (QED) is 0.0204. The lowest BCUT2D eigenvalue weighted by atomic mass is 9.97. The SMILES string of the molecule is CCCCCCCCCCC/C=C/CC/C=C/CC/C=C/C(O)C(COC1OC(CO)C(OC2OC(CO)C(O)C(O)C2O)C(O)C1O)NC(=O)CCCCCCCCCCCCCCCCCCCCCCCCCCCCCCCCCCCCCCC. The number of carbonyl (C=O) groups is 1. The number of hydrogen-bond donors (Lipinski definition) is 9. The lowest BCUT2D eigenvalue weighted by Crippen LogP contribution is -2.65. The summed E-state index contributed by atoms with van der Waals surface area (Å²) in [7, 11) is 0. The molecule has 0 saturated carbocycles. The number of aliphatic hydroxyl groups excluding tert-OH is 8. The Morgan fingerprint density at radius 3 is 1.09 bits per heavy atom. The molecule has 2 aliphatic rings. The number of nitrogens with one attached hydrogen (secondary N) is 1. The standard InChI is InChI=1S/C76H143NO13/c1-3-5-7-9-11-13-15-17-19-21-23-24-25-26-27-28-29-30-31-32-33-34-35-36-37-38-39-40-42-44-46-48-50-52-54-56-58-60-68(81)77-64(65(80)59-57-55-53-51-49-47-45-43-41-22-20-18-16-14-12-10-8-6-4-2)63-87-75-73(86)71(84)74(67(62-79)89-75)90-76-72(85)70(83)69(82)66(61-78)88-76/h41,43,49,51,57,59,64-67,69-76,78-80,82-86H,3-40,42,44-48,50,52-56,58,60-63H2,1-2H3,(H,77,81)/b43-41+,51-49+,59-57+. The Morgan fingerprint density at radius 1 is 0.389 bits per heavy atom. The van der Waals surface area contributed by atoms with E-state index in [1.54, 1.807) is 6.08 Å². The van der Waals surface area contributed by atoms with Gasteiger partial charge in [0.15, 0.2) is 12.6 Å². The Bertz CT molecular complexity index is 1650. The van der Waals surface area contributed by atoms with Crippen molar-refractivity contribution in [2.75, 3.05) is 19.8 Å². The van der Waals surface area contributed by atoms with Crippen molar-refractivity contribution in [3.8, 4) is 0 Å².